The lowest BCUT2D eigenvalue weighted by atomic mass is 9.93. The Bertz CT molecular complexity index is 1820. The van der Waals surface area contributed by atoms with Crippen LogP contribution in [0.3, 0.4) is 0 Å². The average molecular weight is 733 g/mol. The van der Waals surface area contributed by atoms with E-state index in [1.54, 1.807) is 34.4 Å². The maximum atomic E-state index is 11.7. The van der Waals surface area contributed by atoms with Crippen molar-refractivity contribution in [2.75, 3.05) is 34.4 Å². The molecule has 6 rings (SSSR count). The molecule has 270 valence electrons. The number of hydrogen-bond acceptors (Lipinski definition) is 8. The molecule has 1 amide bonds. The summed E-state index contributed by atoms with van der Waals surface area (Å²) in [5, 5.41) is 8.35. The Labute approximate surface area is 311 Å². The Hall–Kier alpha value is -3.73. The number of carbonyl (C=O) groups is 1. The lowest BCUT2D eigenvalue weighted by Crippen LogP contribution is -2.43. The molecule has 0 atom stereocenters. The van der Waals surface area contributed by atoms with Crippen molar-refractivity contribution in [1.29, 1.82) is 0 Å². The van der Waals surface area contributed by atoms with Gasteiger partial charge in [-0.15, -0.1) is 0 Å². The van der Waals surface area contributed by atoms with Gasteiger partial charge in [-0.05, 0) is 56.7 Å². The summed E-state index contributed by atoms with van der Waals surface area (Å²) < 4.78 is 17.1. The fourth-order valence-corrected chi connectivity index (χ4v) is 7.82. The number of aromatic nitrogens is 2. The summed E-state index contributed by atoms with van der Waals surface area (Å²) in [5.74, 6) is 1.46. The predicted octanol–water partition coefficient (Wildman–Crippen LogP) is 7.95. The zero-order valence-electron chi connectivity index (χ0n) is 29.8. The van der Waals surface area contributed by atoms with Crippen LogP contribution in [0.1, 0.15) is 56.6 Å². The molecule has 2 fully saturated rings. The summed E-state index contributed by atoms with van der Waals surface area (Å²) in [7, 11) is 5.11. The third-order valence-corrected chi connectivity index (χ3v) is 11.0. The first-order valence-corrected chi connectivity index (χ1v) is 18.4. The van der Waals surface area contributed by atoms with Crippen LogP contribution in [0.4, 0.5) is 0 Å². The average Bonchev–Trinajstić information content (AvgIpc) is 3.17. The molecule has 1 aliphatic heterocycles. The summed E-state index contributed by atoms with van der Waals surface area (Å²) in [5.41, 5.74) is 6.56. The topological polar surface area (TPSA) is 97.8 Å². The van der Waals surface area contributed by atoms with Gasteiger partial charge in [-0.3, -0.25) is 9.78 Å². The molecule has 3 heterocycles. The molecule has 1 aliphatic carbocycles. The minimum absolute atomic E-state index is 0.139. The van der Waals surface area contributed by atoms with Gasteiger partial charge in [0.15, 0.2) is 0 Å². The molecule has 2 aromatic heterocycles. The lowest BCUT2D eigenvalue weighted by Gasteiger charge is -2.32. The van der Waals surface area contributed by atoms with E-state index in [0.29, 0.717) is 58.6 Å². The number of pyridine rings is 2. The van der Waals surface area contributed by atoms with E-state index in [1.807, 2.05) is 53.4 Å². The number of likely N-dealkylation sites (tertiary alicyclic amines) is 1. The minimum atomic E-state index is 0.139. The zero-order valence-corrected chi connectivity index (χ0v) is 31.3. The molecule has 0 spiro atoms. The molecule has 9 nitrogen and oxygen atoms in total. The highest BCUT2D eigenvalue weighted by molar-refractivity contribution is 6.39. The molecule has 1 saturated heterocycles. The van der Waals surface area contributed by atoms with Crippen molar-refractivity contribution in [1.82, 2.24) is 25.5 Å². The molecule has 2 N–H and O–H groups in total. The highest BCUT2D eigenvalue weighted by Gasteiger charge is 2.23. The van der Waals surface area contributed by atoms with Crippen molar-refractivity contribution in [3.63, 3.8) is 0 Å². The van der Waals surface area contributed by atoms with Crippen LogP contribution in [0.25, 0.3) is 33.6 Å². The molecular formula is C40H47Cl2N5O4. The van der Waals surface area contributed by atoms with Gasteiger partial charge in [0.25, 0.3) is 0 Å². The molecule has 2 aromatic carbocycles. The number of methoxy groups -OCH3 is 3. The summed E-state index contributed by atoms with van der Waals surface area (Å²) in [6.07, 6.45) is 8.31. The minimum Gasteiger partial charge on any atom is -0.496 e. The lowest BCUT2D eigenvalue weighted by molar-refractivity contribution is -0.129. The first kappa shape index (κ1) is 37.0. The maximum Gasteiger partial charge on any atom is 0.219 e. The van der Waals surface area contributed by atoms with Crippen molar-refractivity contribution in [3.8, 4) is 45.3 Å². The van der Waals surface area contributed by atoms with E-state index in [1.165, 1.54) is 0 Å². The Morgan fingerprint density at radius 2 is 1.47 bits per heavy atom. The van der Waals surface area contributed by atoms with Crippen molar-refractivity contribution in [2.24, 2.45) is 0 Å². The predicted molar refractivity (Wildman–Crippen MR) is 203 cm³/mol. The molecule has 0 radical (unpaired) electrons. The maximum absolute atomic E-state index is 11.7. The number of nitrogens with one attached hydrogen (secondary N) is 2. The van der Waals surface area contributed by atoms with Gasteiger partial charge in [0.05, 0.1) is 41.8 Å². The van der Waals surface area contributed by atoms with Crippen LogP contribution in [0.2, 0.25) is 10.0 Å². The second kappa shape index (κ2) is 17.2. The van der Waals surface area contributed by atoms with Crippen LogP contribution in [-0.4, -0.2) is 73.4 Å². The molecule has 4 aromatic rings. The number of rotatable bonds is 12. The Morgan fingerprint density at radius 1 is 0.804 bits per heavy atom. The summed E-state index contributed by atoms with van der Waals surface area (Å²) >= 11 is 14.2. The van der Waals surface area contributed by atoms with E-state index in [2.05, 4.69) is 21.7 Å². The first-order valence-electron chi connectivity index (χ1n) is 17.7. The van der Waals surface area contributed by atoms with Crippen LogP contribution in [0.5, 0.6) is 11.6 Å². The standard InChI is InChI=1S/C40H47Cl2N5O4/c1-25(48)47-20-17-30(18-21-47)44-23-27-9-8-26(22-36(27)50-3)39-38(42)33(16-19-43-39)32-6-5-7-34(37(32)41)35-15-10-28(40(46-35)51-4)24-45-29-11-13-31(49-2)14-12-29/h5-10,15-16,19,22,29-31,44-45H,11-14,17-18,20-21,23-24H2,1-4H3/t29-,31-. The highest BCUT2D eigenvalue weighted by Crippen LogP contribution is 2.42. The second-order valence-electron chi connectivity index (χ2n) is 13.3. The smallest absolute Gasteiger partial charge is 0.219 e. The van der Waals surface area contributed by atoms with Crippen LogP contribution < -0.4 is 20.1 Å². The van der Waals surface area contributed by atoms with E-state index in [4.69, 9.17) is 42.4 Å². The molecule has 11 heteroatoms. The fourth-order valence-electron chi connectivity index (χ4n) is 7.17. The number of carbonyl (C=O) groups excluding carboxylic acids is 1. The van der Waals surface area contributed by atoms with Crippen molar-refractivity contribution >= 4 is 29.1 Å². The number of halogens is 2. The summed E-state index contributed by atoms with van der Waals surface area (Å²) in [4.78, 5) is 23.1. The number of hydrogen-bond donors (Lipinski definition) is 2. The summed E-state index contributed by atoms with van der Waals surface area (Å²) in [6, 6.07) is 18.6. The number of nitrogens with zero attached hydrogens (tertiary/aromatic N) is 3. The number of piperidine rings is 1. The van der Waals surface area contributed by atoms with Crippen LogP contribution >= 0.6 is 23.2 Å². The summed E-state index contributed by atoms with van der Waals surface area (Å²) in [6.45, 7) is 4.52. The van der Waals surface area contributed by atoms with Crippen molar-refractivity contribution in [3.05, 3.63) is 82.0 Å². The fraction of sp³-hybridized carbons (Fsp3) is 0.425. The highest BCUT2D eigenvalue weighted by atomic mass is 35.5. The van der Waals surface area contributed by atoms with Crippen LogP contribution in [0.15, 0.2) is 60.8 Å². The van der Waals surface area contributed by atoms with Gasteiger partial charge >= 0.3 is 0 Å². The molecule has 51 heavy (non-hydrogen) atoms. The van der Waals surface area contributed by atoms with Gasteiger partial charge < -0.3 is 29.7 Å². The van der Waals surface area contributed by atoms with Crippen molar-refractivity contribution in [2.45, 2.75) is 76.7 Å². The van der Waals surface area contributed by atoms with Crippen LogP contribution in [0, 0.1) is 0 Å². The molecule has 2 aliphatic rings. The van der Waals surface area contributed by atoms with E-state index in [0.717, 1.165) is 90.7 Å². The SMILES string of the molecule is COc1cc(-c2nccc(-c3cccc(-c4ccc(CN[C@H]5CC[C@H](OC)CC5)c(OC)n4)c3Cl)c2Cl)ccc1CNC1CCN(C(C)=O)CC1. The Balaban J connectivity index is 1.18. The largest absolute Gasteiger partial charge is 0.496 e. The van der Waals surface area contributed by atoms with Gasteiger partial charge in [-0.2, -0.15) is 0 Å². The van der Waals surface area contributed by atoms with Gasteiger partial charge in [-0.25, -0.2) is 4.98 Å². The van der Waals surface area contributed by atoms with E-state index in [-0.39, 0.29) is 5.91 Å². The van der Waals surface area contributed by atoms with E-state index in [9.17, 15) is 4.79 Å². The van der Waals surface area contributed by atoms with E-state index >= 15 is 0 Å². The molecule has 1 saturated carbocycles. The van der Waals surface area contributed by atoms with Gasteiger partial charge in [0.2, 0.25) is 11.8 Å². The number of benzene rings is 2. The van der Waals surface area contributed by atoms with E-state index < -0.39 is 0 Å². The first-order chi connectivity index (χ1) is 24.8. The second-order valence-corrected chi connectivity index (χ2v) is 14.1. The Kier molecular flexibility index (Phi) is 12.5. The van der Waals surface area contributed by atoms with Gasteiger partial charge in [0, 0.05) is 91.9 Å². The molecule has 0 unspecified atom stereocenters. The van der Waals surface area contributed by atoms with Gasteiger partial charge in [0.1, 0.15) is 5.75 Å². The molecule has 0 bridgehead atoms. The zero-order chi connectivity index (χ0) is 35.9. The number of amides is 1. The monoisotopic (exact) mass is 731 g/mol. The number of ether oxygens (including phenoxy) is 3. The third kappa shape index (κ3) is 8.67. The van der Waals surface area contributed by atoms with Crippen molar-refractivity contribution < 1.29 is 19.0 Å². The van der Waals surface area contributed by atoms with Gasteiger partial charge in [-0.1, -0.05) is 59.6 Å². The quantitative estimate of drug-likeness (QED) is 0.152. The molecular weight excluding hydrogens is 685 g/mol. The van der Waals surface area contributed by atoms with Crippen LogP contribution in [-0.2, 0) is 22.6 Å². The normalized spacial score (nSPS) is 18.1. The third-order valence-electron chi connectivity index (χ3n) is 10.3. The Morgan fingerprint density at radius 3 is 2.16 bits per heavy atom.